The maximum absolute atomic E-state index is 13.2. The summed E-state index contributed by atoms with van der Waals surface area (Å²) < 4.78 is 38.3. The molecule has 2 rings (SSSR count). The van der Waals surface area contributed by atoms with Crippen LogP contribution in [-0.2, 0) is 16.6 Å². The van der Waals surface area contributed by atoms with Gasteiger partial charge in [0, 0.05) is 6.54 Å². The minimum absolute atomic E-state index is 0.238. The molecule has 0 heterocycles. The Morgan fingerprint density at radius 3 is 2.38 bits per heavy atom. The molecule has 0 spiro atoms. The fourth-order valence-corrected chi connectivity index (χ4v) is 2.52. The average molecular weight is 308 g/mol. The number of nitrogens with one attached hydrogen (secondary N) is 2. The molecule has 112 valence electrons. The van der Waals surface area contributed by atoms with Crippen molar-refractivity contribution in [3.63, 3.8) is 0 Å². The van der Waals surface area contributed by atoms with Crippen molar-refractivity contribution < 1.29 is 12.8 Å². The van der Waals surface area contributed by atoms with E-state index in [1.165, 1.54) is 6.07 Å². The highest BCUT2D eigenvalue weighted by Gasteiger charge is 2.07. The molecule has 0 saturated heterocycles. The second-order valence-corrected chi connectivity index (χ2v) is 6.61. The molecule has 0 saturated carbocycles. The highest BCUT2D eigenvalue weighted by atomic mass is 32.2. The number of rotatable bonds is 5. The number of hydrogen-bond acceptors (Lipinski definition) is 3. The number of halogens is 1. The van der Waals surface area contributed by atoms with Gasteiger partial charge in [0.15, 0.2) is 0 Å². The predicted molar refractivity (Wildman–Crippen MR) is 83.4 cm³/mol. The molecule has 0 atom stereocenters. The Labute approximate surface area is 124 Å². The van der Waals surface area contributed by atoms with E-state index in [0.717, 1.165) is 11.8 Å². The van der Waals surface area contributed by atoms with Gasteiger partial charge in [0.05, 0.1) is 17.6 Å². The first-order valence-corrected chi connectivity index (χ1v) is 8.30. The van der Waals surface area contributed by atoms with Crippen molar-refractivity contribution in [2.75, 3.05) is 16.3 Å². The lowest BCUT2D eigenvalue weighted by atomic mass is 10.1. The van der Waals surface area contributed by atoms with Crippen molar-refractivity contribution in [3.05, 3.63) is 59.4 Å². The monoisotopic (exact) mass is 308 g/mol. The fourth-order valence-electron chi connectivity index (χ4n) is 1.94. The molecule has 0 amide bonds. The number of benzene rings is 2. The van der Waals surface area contributed by atoms with Crippen molar-refractivity contribution in [2.45, 2.75) is 13.5 Å². The van der Waals surface area contributed by atoms with E-state index >= 15 is 0 Å². The van der Waals surface area contributed by atoms with Gasteiger partial charge in [-0.2, -0.15) is 0 Å². The van der Waals surface area contributed by atoms with Crippen LogP contribution >= 0.6 is 0 Å². The maximum Gasteiger partial charge on any atom is 0.229 e. The molecule has 0 unspecified atom stereocenters. The van der Waals surface area contributed by atoms with Crippen LogP contribution in [0.5, 0.6) is 0 Å². The van der Waals surface area contributed by atoms with Gasteiger partial charge < -0.3 is 5.32 Å². The van der Waals surface area contributed by atoms with E-state index in [9.17, 15) is 12.8 Å². The van der Waals surface area contributed by atoms with E-state index in [4.69, 9.17) is 0 Å². The highest BCUT2D eigenvalue weighted by molar-refractivity contribution is 7.92. The van der Waals surface area contributed by atoms with E-state index in [2.05, 4.69) is 10.0 Å². The van der Waals surface area contributed by atoms with E-state index in [-0.39, 0.29) is 5.82 Å². The van der Waals surface area contributed by atoms with Gasteiger partial charge in [0.2, 0.25) is 10.0 Å². The zero-order chi connectivity index (χ0) is 15.5. The van der Waals surface area contributed by atoms with Gasteiger partial charge in [-0.05, 0) is 36.2 Å². The Morgan fingerprint density at radius 1 is 1.10 bits per heavy atom. The lowest BCUT2D eigenvalue weighted by Crippen LogP contribution is -2.12. The number of para-hydroxylation sites is 2. The maximum atomic E-state index is 13.2. The largest absolute Gasteiger partial charge is 0.379 e. The Kier molecular flexibility index (Phi) is 4.47. The normalized spacial score (nSPS) is 11.2. The van der Waals surface area contributed by atoms with Gasteiger partial charge in [-0.15, -0.1) is 0 Å². The molecule has 0 aliphatic rings. The molecule has 21 heavy (non-hydrogen) atoms. The summed E-state index contributed by atoms with van der Waals surface area (Å²) in [4.78, 5) is 0. The Bertz CT molecular complexity index is 745. The van der Waals surface area contributed by atoms with Crippen LogP contribution in [0.15, 0.2) is 42.5 Å². The molecule has 0 bridgehead atoms. The third kappa shape index (κ3) is 4.46. The summed E-state index contributed by atoms with van der Waals surface area (Å²) in [6.45, 7) is 2.18. The quantitative estimate of drug-likeness (QED) is 0.892. The van der Waals surface area contributed by atoms with Crippen LogP contribution in [-0.4, -0.2) is 14.7 Å². The highest BCUT2D eigenvalue weighted by Crippen LogP contribution is 2.22. The van der Waals surface area contributed by atoms with Crippen molar-refractivity contribution in [1.82, 2.24) is 0 Å². The number of aryl methyl sites for hydroxylation is 1. The third-order valence-electron chi connectivity index (χ3n) is 2.93. The molecular weight excluding hydrogens is 291 g/mol. The molecule has 0 aliphatic heterocycles. The SMILES string of the molecule is Cc1cc(CNc2ccccc2NS(C)(=O)=O)ccc1F. The minimum atomic E-state index is -3.33. The second kappa shape index (κ2) is 6.13. The van der Waals surface area contributed by atoms with Gasteiger partial charge in [-0.25, -0.2) is 12.8 Å². The lowest BCUT2D eigenvalue weighted by molar-refractivity contribution is 0.606. The fraction of sp³-hybridized carbons (Fsp3) is 0.200. The lowest BCUT2D eigenvalue weighted by Gasteiger charge is -2.13. The molecule has 2 aromatic rings. The van der Waals surface area contributed by atoms with Crippen molar-refractivity contribution in [3.8, 4) is 0 Å². The number of anilines is 2. The first-order valence-electron chi connectivity index (χ1n) is 6.41. The van der Waals surface area contributed by atoms with Crippen LogP contribution in [0.1, 0.15) is 11.1 Å². The van der Waals surface area contributed by atoms with Crippen molar-refractivity contribution >= 4 is 21.4 Å². The van der Waals surface area contributed by atoms with Crippen LogP contribution in [0.4, 0.5) is 15.8 Å². The Morgan fingerprint density at radius 2 is 1.76 bits per heavy atom. The van der Waals surface area contributed by atoms with E-state index in [0.29, 0.717) is 23.5 Å². The van der Waals surface area contributed by atoms with Gasteiger partial charge in [-0.1, -0.05) is 24.3 Å². The Hall–Kier alpha value is -2.08. The molecule has 0 aliphatic carbocycles. The molecule has 2 aromatic carbocycles. The van der Waals surface area contributed by atoms with Gasteiger partial charge in [-0.3, -0.25) is 4.72 Å². The first-order chi connectivity index (χ1) is 9.85. The summed E-state index contributed by atoms with van der Waals surface area (Å²) in [6.07, 6.45) is 1.10. The number of sulfonamides is 1. The molecule has 2 N–H and O–H groups in total. The molecule has 0 fully saturated rings. The third-order valence-corrected chi connectivity index (χ3v) is 3.52. The second-order valence-electron chi connectivity index (χ2n) is 4.86. The minimum Gasteiger partial charge on any atom is -0.379 e. The van der Waals surface area contributed by atoms with Crippen LogP contribution in [0.3, 0.4) is 0 Å². The summed E-state index contributed by atoms with van der Waals surface area (Å²) in [5.41, 5.74) is 2.66. The predicted octanol–water partition coefficient (Wildman–Crippen LogP) is 3.12. The summed E-state index contributed by atoms with van der Waals surface area (Å²) in [7, 11) is -3.33. The number of hydrogen-bond donors (Lipinski definition) is 2. The average Bonchev–Trinajstić information content (AvgIpc) is 2.40. The van der Waals surface area contributed by atoms with Gasteiger partial charge in [0.1, 0.15) is 5.82 Å². The van der Waals surface area contributed by atoms with Crippen LogP contribution in [0.25, 0.3) is 0 Å². The van der Waals surface area contributed by atoms with E-state index in [1.807, 2.05) is 6.07 Å². The van der Waals surface area contributed by atoms with Gasteiger partial charge >= 0.3 is 0 Å². The molecule has 6 heteroatoms. The molecular formula is C15H17FN2O2S. The van der Waals surface area contributed by atoms with Crippen LogP contribution in [0.2, 0.25) is 0 Å². The van der Waals surface area contributed by atoms with E-state index in [1.54, 1.807) is 37.3 Å². The molecule has 0 aromatic heterocycles. The van der Waals surface area contributed by atoms with Crippen molar-refractivity contribution in [2.24, 2.45) is 0 Å². The van der Waals surface area contributed by atoms with Gasteiger partial charge in [0.25, 0.3) is 0 Å². The smallest absolute Gasteiger partial charge is 0.229 e. The Balaban J connectivity index is 2.14. The van der Waals surface area contributed by atoms with E-state index < -0.39 is 10.0 Å². The molecule has 0 radical (unpaired) electrons. The van der Waals surface area contributed by atoms with Crippen LogP contribution < -0.4 is 10.0 Å². The first kappa shape index (κ1) is 15.3. The summed E-state index contributed by atoms with van der Waals surface area (Å²) in [6, 6.07) is 11.9. The topological polar surface area (TPSA) is 58.2 Å². The zero-order valence-electron chi connectivity index (χ0n) is 11.9. The molecule has 4 nitrogen and oxygen atoms in total. The standard InChI is InChI=1S/C15H17FN2O2S/c1-11-9-12(7-8-13(11)16)10-17-14-5-3-4-6-15(14)18-21(2,19)20/h3-9,17-18H,10H2,1-2H3. The summed E-state index contributed by atoms with van der Waals surface area (Å²) in [5.74, 6) is -0.238. The zero-order valence-corrected chi connectivity index (χ0v) is 12.7. The van der Waals surface area contributed by atoms with Crippen molar-refractivity contribution in [1.29, 1.82) is 0 Å². The summed E-state index contributed by atoms with van der Waals surface area (Å²) in [5, 5.41) is 3.15. The summed E-state index contributed by atoms with van der Waals surface area (Å²) >= 11 is 0. The van der Waals surface area contributed by atoms with Crippen LogP contribution in [0, 0.1) is 12.7 Å².